The third-order valence-electron chi connectivity index (χ3n) is 4.80. The largest absolute Gasteiger partial charge is 0.508 e. The number of fused-ring (bicyclic) bond motifs is 1. The van der Waals surface area contributed by atoms with Gasteiger partial charge >= 0.3 is 0 Å². The second-order valence-electron chi connectivity index (χ2n) is 6.95. The van der Waals surface area contributed by atoms with Gasteiger partial charge in [0.15, 0.2) is 11.4 Å². The van der Waals surface area contributed by atoms with Gasteiger partial charge in [0.25, 0.3) is 5.91 Å². The number of benzene rings is 2. The summed E-state index contributed by atoms with van der Waals surface area (Å²) in [5, 5.41) is 12.4. The molecule has 0 fully saturated rings. The van der Waals surface area contributed by atoms with Gasteiger partial charge in [0.2, 0.25) is 0 Å². The number of amides is 1. The van der Waals surface area contributed by atoms with Gasteiger partial charge in [-0.2, -0.15) is 0 Å². The molecule has 0 saturated carbocycles. The molecule has 2 N–H and O–H groups in total. The van der Waals surface area contributed by atoms with Gasteiger partial charge < -0.3 is 15.2 Å². The molecule has 31 heavy (non-hydrogen) atoms. The molecule has 0 saturated heterocycles. The van der Waals surface area contributed by atoms with E-state index in [1.54, 1.807) is 53.9 Å². The zero-order valence-electron chi connectivity index (χ0n) is 16.6. The van der Waals surface area contributed by atoms with Crippen molar-refractivity contribution in [3.63, 3.8) is 0 Å². The van der Waals surface area contributed by atoms with E-state index in [-0.39, 0.29) is 30.4 Å². The lowest BCUT2D eigenvalue weighted by Gasteiger charge is -2.10. The average molecular weight is 423 g/mol. The molecule has 6 nitrogen and oxygen atoms in total. The summed E-state index contributed by atoms with van der Waals surface area (Å²) in [6.07, 6.45) is 1.66. The van der Waals surface area contributed by atoms with Crippen molar-refractivity contribution in [2.45, 2.75) is 20.1 Å². The third-order valence-corrected chi connectivity index (χ3v) is 4.80. The minimum absolute atomic E-state index is 0.116. The number of hydrogen-bond acceptors (Lipinski definition) is 4. The molecule has 0 aliphatic heterocycles. The van der Waals surface area contributed by atoms with Crippen molar-refractivity contribution in [2.75, 3.05) is 0 Å². The van der Waals surface area contributed by atoms with E-state index in [0.717, 1.165) is 17.7 Å². The van der Waals surface area contributed by atoms with Gasteiger partial charge in [0.1, 0.15) is 29.7 Å². The first-order chi connectivity index (χ1) is 14.9. The normalized spacial score (nSPS) is 10.9. The number of imidazole rings is 1. The topological polar surface area (TPSA) is 75.9 Å². The maximum absolute atomic E-state index is 13.9. The van der Waals surface area contributed by atoms with Crippen LogP contribution in [-0.2, 0) is 13.2 Å². The monoisotopic (exact) mass is 423 g/mol. The Labute approximate surface area is 176 Å². The Balaban J connectivity index is 1.57. The van der Waals surface area contributed by atoms with E-state index in [0.29, 0.717) is 22.8 Å². The number of ether oxygens (including phenoxy) is 1. The number of phenolic OH excluding ortho intramolecular Hbond substituents is 1. The minimum atomic E-state index is -0.696. The summed E-state index contributed by atoms with van der Waals surface area (Å²) in [6.45, 7) is 1.60. The van der Waals surface area contributed by atoms with Gasteiger partial charge in [-0.3, -0.25) is 9.20 Å². The van der Waals surface area contributed by atoms with Crippen LogP contribution < -0.4 is 10.1 Å². The van der Waals surface area contributed by atoms with E-state index in [2.05, 4.69) is 10.3 Å². The Kier molecular flexibility index (Phi) is 5.53. The van der Waals surface area contributed by atoms with Crippen LogP contribution in [0.25, 0.3) is 5.65 Å². The summed E-state index contributed by atoms with van der Waals surface area (Å²) < 4.78 is 35.0. The molecule has 0 aliphatic carbocycles. The number of pyridine rings is 1. The number of hydrogen-bond donors (Lipinski definition) is 2. The first-order valence-corrected chi connectivity index (χ1v) is 9.53. The van der Waals surface area contributed by atoms with Gasteiger partial charge in [-0.15, -0.1) is 0 Å². The van der Waals surface area contributed by atoms with Crippen LogP contribution in [0.15, 0.2) is 60.8 Å². The SMILES string of the molecule is Cc1nc2c(OCc3c(F)cccc3F)cccn2c1C(=O)NCc1cccc(O)c1. The van der Waals surface area contributed by atoms with E-state index in [1.165, 1.54) is 6.07 Å². The van der Waals surface area contributed by atoms with Crippen molar-refractivity contribution < 1.29 is 23.4 Å². The Bertz CT molecular complexity index is 1250. The first-order valence-electron chi connectivity index (χ1n) is 9.53. The van der Waals surface area contributed by atoms with Crippen LogP contribution in [0.2, 0.25) is 0 Å². The Hall–Kier alpha value is -3.94. The van der Waals surface area contributed by atoms with Crippen molar-refractivity contribution >= 4 is 11.6 Å². The van der Waals surface area contributed by atoms with Crippen LogP contribution in [0.4, 0.5) is 8.78 Å². The molecule has 0 unspecified atom stereocenters. The highest BCUT2D eigenvalue weighted by Gasteiger charge is 2.19. The number of aryl methyl sites for hydroxylation is 1. The zero-order valence-corrected chi connectivity index (χ0v) is 16.6. The summed E-state index contributed by atoms with van der Waals surface area (Å²) in [7, 11) is 0. The smallest absolute Gasteiger partial charge is 0.270 e. The van der Waals surface area contributed by atoms with Gasteiger partial charge in [0.05, 0.1) is 11.3 Å². The zero-order chi connectivity index (χ0) is 22.0. The molecule has 0 bridgehead atoms. The Morgan fingerprint density at radius 3 is 2.61 bits per heavy atom. The lowest BCUT2D eigenvalue weighted by molar-refractivity contribution is 0.0944. The quantitative estimate of drug-likeness (QED) is 0.489. The number of halogens is 2. The highest BCUT2D eigenvalue weighted by molar-refractivity contribution is 5.94. The second kappa shape index (κ2) is 8.43. The predicted octanol–water partition coefficient (Wildman–Crippen LogP) is 4.14. The van der Waals surface area contributed by atoms with E-state index in [9.17, 15) is 18.7 Å². The summed E-state index contributed by atoms with van der Waals surface area (Å²) in [6, 6.07) is 13.5. The van der Waals surface area contributed by atoms with Crippen molar-refractivity contribution in [3.05, 3.63) is 94.9 Å². The fourth-order valence-corrected chi connectivity index (χ4v) is 3.29. The number of carbonyl (C=O) groups excluding carboxylic acids is 1. The van der Waals surface area contributed by atoms with E-state index in [1.807, 2.05) is 0 Å². The minimum Gasteiger partial charge on any atom is -0.508 e. The fraction of sp³-hybridized carbons (Fsp3) is 0.130. The van der Waals surface area contributed by atoms with Gasteiger partial charge in [-0.1, -0.05) is 18.2 Å². The van der Waals surface area contributed by atoms with Crippen LogP contribution in [0.3, 0.4) is 0 Å². The van der Waals surface area contributed by atoms with Crippen LogP contribution in [0.1, 0.15) is 27.3 Å². The summed E-state index contributed by atoms with van der Waals surface area (Å²) in [5.74, 6) is -1.34. The average Bonchev–Trinajstić information content (AvgIpc) is 3.08. The lowest BCUT2D eigenvalue weighted by atomic mass is 10.2. The molecular formula is C23H19F2N3O3. The molecule has 4 rings (SSSR count). The molecular weight excluding hydrogens is 404 g/mol. The summed E-state index contributed by atoms with van der Waals surface area (Å²) >= 11 is 0. The summed E-state index contributed by atoms with van der Waals surface area (Å²) in [5.41, 5.74) is 1.71. The number of nitrogens with zero attached hydrogens (tertiary/aromatic N) is 2. The van der Waals surface area contributed by atoms with Crippen molar-refractivity contribution in [1.82, 2.24) is 14.7 Å². The molecule has 158 valence electrons. The van der Waals surface area contributed by atoms with Crippen LogP contribution in [0.5, 0.6) is 11.5 Å². The Morgan fingerprint density at radius 1 is 1.13 bits per heavy atom. The molecule has 2 aromatic heterocycles. The number of rotatable bonds is 6. The molecule has 2 heterocycles. The third kappa shape index (κ3) is 4.18. The number of aromatic nitrogens is 2. The van der Waals surface area contributed by atoms with Crippen molar-refractivity contribution in [3.8, 4) is 11.5 Å². The lowest BCUT2D eigenvalue weighted by Crippen LogP contribution is -2.25. The number of carbonyl (C=O) groups is 1. The first kappa shape index (κ1) is 20.3. The predicted molar refractivity (Wildman–Crippen MR) is 110 cm³/mol. The van der Waals surface area contributed by atoms with E-state index in [4.69, 9.17) is 4.74 Å². The maximum atomic E-state index is 13.9. The van der Waals surface area contributed by atoms with Crippen molar-refractivity contribution in [1.29, 1.82) is 0 Å². The van der Waals surface area contributed by atoms with E-state index >= 15 is 0 Å². The Morgan fingerprint density at radius 2 is 1.87 bits per heavy atom. The maximum Gasteiger partial charge on any atom is 0.270 e. The molecule has 0 radical (unpaired) electrons. The molecule has 0 aliphatic rings. The highest BCUT2D eigenvalue weighted by Crippen LogP contribution is 2.24. The standard InChI is InChI=1S/C23H19F2N3O3/c1-14-21(23(30)26-12-15-5-2-6-16(29)11-15)28-10-4-9-20(22(28)27-14)31-13-17-18(24)7-3-8-19(17)25/h2-11,29H,12-13H2,1H3,(H,26,30). The number of aromatic hydroxyl groups is 1. The van der Waals surface area contributed by atoms with Crippen LogP contribution in [0, 0.1) is 18.6 Å². The summed E-state index contributed by atoms with van der Waals surface area (Å²) in [4.78, 5) is 17.2. The number of phenols is 1. The molecule has 2 aromatic carbocycles. The highest BCUT2D eigenvalue weighted by atomic mass is 19.1. The van der Waals surface area contributed by atoms with Crippen molar-refractivity contribution in [2.24, 2.45) is 0 Å². The molecule has 4 aromatic rings. The number of nitrogens with one attached hydrogen (secondary N) is 1. The fourth-order valence-electron chi connectivity index (χ4n) is 3.29. The van der Waals surface area contributed by atoms with Gasteiger partial charge in [-0.25, -0.2) is 13.8 Å². The van der Waals surface area contributed by atoms with Gasteiger partial charge in [0, 0.05) is 12.7 Å². The molecule has 8 heteroatoms. The van der Waals surface area contributed by atoms with Crippen LogP contribution in [-0.4, -0.2) is 20.4 Å². The van der Waals surface area contributed by atoms with Crippen LogP contribution >= 0.6 is 0 Å². The molecule has 0 spiro atoms. The molecule has 1 amide bonds. The van der Waals surface area contributed by atoms with E-state index < -0.39 is 11.6 Å². The second-order valence-corrected chi connectivity index (χ2v) is 6.95. The van der Waals surface area contributed by atoms with Gasteiger partial charge in [-0.05, 0) is 48.9 Å². The molecule has 0 atom stereocenters.